The largest absolute Gasteiger partial charge is 0.341 e. The highest BCUT2D eigenvalue weighted by atomic mass is 35.5. The van der Waals surface area contributed by atoms with Crippen molar-refractivity contribution in [3.63, 3.8) is 0 Å². The first kappa shape index (κ1) is 18.0. The summed E-state index contributed by atoms with van der Waals surface area (Å²) in [7, 11) is 0. The molecule has 0 atom stereocenters. The monoisotopic (exact) mass is 357 g/mol. The van der Waals surface area contributed by atoms with Gasteiger partial charge in [0.2, 0.25) is 5.91 Å². The normalized spacial score (nSPS) is 18.7. The molecule has 2 aliphatic heterocycles. The highest BCUT2D eigenvalue weighted by Gasteiger charge is 2.30. The van der Waals surface area contributed by atoms with Crippen LogP contribution in [0.1, 0.15) is 16.8 Å². The van der Waals surface area contributed by atoms with Crippen molar-refractivity contribution in [3.8, 4) is 0 Å². The molecule has 2 heterocycles. The maximum Gasteiger partial charge on any atom is 0.253 e. The average Bonchev–Trinajstić information content (AvgIpc) is 2.70. The molecule has 0 bridgehead atoms. The van der Waals surface area contributed by atoms with E-state index < -0.39 is 0 Å². The van der Waals surface area contributed by atoms with Crippen LogP contribution in [-0.2, 0) is 4.79 Å². The van der Waals surface area contributed by atoms with Gasteiger partial charge in [-0.05, 0) is 24.6 Å². The Hall–Kier alpha value is -1.30. The Labute approximate surface area is 147 Å². The van der Waals surface area contributed by atoms with Gasteiger partial charge in [0.1, 0.15) is 0 Å². The number of rotatable bonds is 2. The summed E-state index contributed by atoms with van der Waals surface area (Å²) in [5, 5.41) is 3.69. The van der Waals surface area contributed by atoms with E-state index >= 15 is 0 Å². The molecule has 2 saturated heterocycles. The highest BCUT2D eigenvalue weighted by molar-refractivity contribution is 6.30. The third kappa shape index (κ3) is 4.16. The zero-order valence-electron chi connectivity index (χ0n) is 12.8. The molecule has 2 aliphatic rings. The van der Waals surface area contributed by atoms with Crippen molar-refractivity contribution in [2.75, 3.05) is 39.3 Å². The number of nitrogens with zero attached hydrogens (tertiary/aromatic N) is 2. The Morgan fingerprint density at radius 2 is 1.78 bits per heavy atom. The number of carbonyl (C=O) groups excluding carboxylic acids is 2. The minimum absolute atomic E-state index is 0. The molecule has 0 spiro atoms. The molecule has 126 valence electrons. The topological polar surface area (TPSA) is 52.7 Å². The molecule has 0 unspecified atom stereocenters. The number of amides is 2. The molecule has 0 radical (unpaired) electrons. The van der Waals surface area contributed by atoms with Gasteiger partial charge in [0.15, 0.2) is 0 Å². The summed E-state index contributed by atoms with van der Waals surface area (Å²) in [6, 6.07) is 7.01. The van der Waals surface area contributed by atoms with Crippen molar-refractivity contribution in [3.05, 3.63) is 34.9 Å². The van der Waals surface area contributed by atoms with Crippen LogP contribution < -0.4 is 5.32 Å². The second-order valence-electron chi connectivity index (χ2n) is 5.84. The third-order valence-corrected chi connectivity index (χ3v) is 4.53. The standard InChI is InChI=1S/C16H20ClN3O2.ClH/c17-14-4-1-3-12(9-14)15(21)19-5-2-6-20(8-7-19)16(22)13-10-18-11-13;/h1,3-4,9,13,18H,2,5-8,10-11H2;1H. The summed E-state index contributed by atoms with van der Waals surface area (Å²) in [6.07, 6.45) is 0.818. The first-order valence-corrected chi connectivity index (χ1v) is 8.07. The van der Waals surface area contributed by atoms with Gasteiger partial charge in [0, 0.05) is 49.9 Å². The SMILES string of the molecule is Cl.O=C(c1cccc(Cl)c1)N1CCCN(C(=O)C2CNC2)CC1. The van der Waals surface area contributed by atoms with Gasteiger partial charge in [-0.2, -0.15) is 0 Å². The lowest BCUT2D eigenvalue weighted by atomic mass is 10.0. The molecule has 1 aromatic carbocycles. The fraction of sp³-hybridized carbons (Fsp3) is 0.500. The molecule has 0 aromatic heterocycles. The van der Waals surface area contributed by atoms with E-state index in [4.69, 9.17) is 11.6 Å². The van der Waals surface area contributed by atoms with Gasteiger partial charge in [-0.25, -0.2) is 0 Å². The molecule has 23 heavy (non-hydrogen) atoms. The second-order valence-corrected chi connectivity index (χ2v) is 6.27. The van der Waals surface area contributed by atoms with E-state index in [-0.39, 0.29) is 30.1 Å². The first-order chi connectivity index (χ1) is 10.6. The Morgan fingerprint density at radius 3 is 2.43 bits per heavy atom. The van der Waals surface area contributed by atoms with Gasteiger partial charge in [0.05, 0.1) is 5.92 Å². The van der Waals surface area contributed by atoms with E-state index in [0.29, 0.717) is 30.2 Å². The van der Waals surface area contributed by atoms with E-state index in [1.165, 1.54) is 0 Å². The molecule has 1 aromatic rings. The van der Waals surface area contributed by atoms with Gasteiger partial charge in [-0.15, -0.1) is 12.4 Å². The van der Waals surface area contributed by atoms with E-state index in [2.05, 4.69) is 5.32 Å². The highest BCUT2D eigenvalue weighted by Crippen LogP contribution is 2.16. The fourth-order valence-electron chi connectivity index (χ4n) is 2.87. The van der Waals surface area contributed by atoms with Crippen LogP contribution in [0.3, 0.4) is 0 Å². The van der Waals surface area contributed by atoms with Crippen LogP contribution in [0.2, 0.25) is 5.02 Å². The molecular formula is C16H21Cl2N3O2. The minimum Gasteiger partial charge on any atom is -0.341 e. The van der Waals surface area contributed by atoms with Crippen molar-refractivity contribution in [2.24, 2.45) is 5.92 Å². The molecule has 7 heteroatoms. The molecule has 1 N–H and O–H groups in total. The van der Waals surface area contributed by atoms with Crippen molar-refractivity contribution < 1.29 is 9.59 Å². The molecule has 0 saturated carbocycles. The number of benzene rings is 1. The lowest BCUT2D eigenvalue weighted by Gasteiger charge is -2.31. The van der Waals surface area contributed by atoms with Crippen LogP contribution in [0.25, 0.3) is 0 Å². The van der Waals surface area contributed by atoms with E-state index in [1.54, 1.807) is 24.3 Å². The predicted octanol–water partition coefficient (Wildman–Crippen LogP) is 1.66. The van der Waals surface area contributed by atoms with Gasteiger partial charge in [0.25, 0.3) is 5.91 Å². The van der Waals surface area contributed by atoms with Gasteiger partial charge < -0.3 is 15.1 Å². The second kappa shape index (κ2) is 7.99. The Morgan fingerprint density at radius 1 is 1.09 bits per heavy atom. The summed E-state index contributed by atoms with van der Waals surface area (Å²) in [5.74, 6) is 0.327. The number of nitrogens with one attached hydrogen (secondary N) is 1. The van der Waals surface area contributed by atoms with Crippen LogP contribution in [0, 0.1) is 5.92 Å². The van der Waals surface area contributed by atoms with Gasteiger partial charge in [-0.1, -0.05) is 17.7 Å². The van der Waals surface area contributed by atoms with Crippen molar-refractivity contribution in [2.45, 2.75) is 6.42 Å². The lowest BCUT2D eigenvalue weighted by molar-refractivity contribution is -0.136. The molecule has 2 fully saturated rings. The fourth-order valence-corrected chi connectivity index (χ4v) is 3.06. The van der Waals surface area contributed by atoms with E-state index in [1.807, 2.05) is 9.80 Å². The number of hydrogen-bond acceptors (Lipinski definition) is 3. The molecule has 5 nitrogen and oxygen atoms in total. The van der Waals surface area contributed by atoms with Crippen LogP contribution in [0.15, 0.2) is 24.3 Å². The van der Waals surface area contributed by atoms with Crippen molar-refractivity contribution in [1.29, 1.82) is 0 Å². The van der Waals surface area contributed by atoms with Crippen LogP contribution in [0.4, 0.5) is 0 Å². The summed E-state index contributed by atoms with van der Waals surface area (Å²) in [5.41, 5.74) is 0.607. The Kier molecular flexibility index (Phi) is 6.27. The Balaban J connectivity index is 0.00000192. The van der Waals surface area contributed by atoms with Crippen molar-refractivity contribution >= 4 is 35.8 Å². The quantitative estimate of drug-likeness (QED) is 0.875. The number of halogens is 2. The summed E-state index contributed by atoms with van der Waals surface area (Å²) >= 11 is 5.95. The zero-order valence-corrected chi connectivity index (χ0v) is 14.4. The number of hydrogen-bond donors (Lipinski definition) is 1. The molecule has 0 aliphatic carbocycles. The molecule has 3 rings (SSSR count). The zero-order chi connectivity index (χ0) is 15.5. The van der Waals surface area contributed by atoms with Crippen LogP contribution >= 0.6 is 24.0 Å². The van der Waals surface area contributed by atoms with Crippen LogP contribution in [0.5, 0.6) is 0 Å². The smallest absolute Gasteiger partial charge is 0.253 e. The molecular weight excluding hydrogens is 337 g/mol. The maximum atomic E-state index is 12.5. The van der Waals surface area contributed by atoms with Crippen LogP contribution in [-0.4, -0.2) is 60.9 Å². The van der Waals surface area contributed by atoms with E-state index in [9.17, 15) is 9.59 Å². The first-order valence-electron chi connectivity index (χ1n) is 7.69. The molecule has 2 amide bonds. The minimum atomic E-state index is -0.0119. The Bertz CT molecular complexity index is 578. The summed E-state index contributed by atoms with van der Waals surface area (Å²) in [4.78, 5) is 28.5. The predicted molar refractivity (Wildman–Crippen MR) is 92.2 cm³/mol. The third-order valence-electron chi connectivity index (χ3n) is 4.30. The van der Waals surface area contributed by atoms with Crippen molar-refractivity contribution in [1.82, 2.24) is 15.1 Å². The maximum absolute atomic E-state index is 12.5. The summed E-state index contributed by atoms with van der Waals surface area (Å²) < 4.78 is 0. The van der Waals surface area contributed by atoms with Gasteiger partial charge >= 0.3 is 0 Å². The van der Waals surface area contributed by atoms with Gasteiger partial charge in [-0.3, -0.25) is 9.59 Å². The van der Waals surface area contributed by atoms with E-state index in [0.717, 1.165) is 26.1 Å². The average molecular weight is 358 g/mol. The number of carbonyl (C=O) groups is 2. The summed E-state index contributed by atoms with van der Waals surface area (Å²) in [6.45, 7) is 4.16. The lowest BCUT2D eigenvalue weighted by Crippen LogP contribution is -2.52.